The van der Waals surface area contributed by atoms with Gasteiger partial charge in [-0.2, -0.15) is 0 Å². The number of fused-ring (bicyclic) bond motifs is 1. The summed E-state index contributed by atoms with van der Waals surface area (Å²) in [5, 5.41) is 40.6. The summed E-state index contributed by atoms with van der Waals surface area (Å²) >= 11 is 0. The number of aromatic nitrogens is 4. The van der Waals surface area contributed by atoms with Crippen LogP contribution in [0.4, 0.5) is 16.3 Å². The zero-order valence-corrected chi connectivity index (χ0v) is 21.9. The van der Waals surface area contributed by atoms with Crippen molar-refractivity contribution in [2.24, 2.45) is 5.92 Å². The van der Waals surface area contributed by atoms with E-state index in [1.807, 2.05) is 0 Å². The highest BCUT2D eigenvalue weighted by molar-refractivity contribution is 5.82. The number of likely N-dealkylation sites (tertiary alicyclic amines) is 1. The number of aliphatic hydroxyl groups is 3. The van der Waals surface area contributed by atoms with Crippen molar-refractivity contribution in [1.82, 2.24) is 24.4 Å². The molecule has 0 aliphatic carbocycles. The van der Waals surface area contributed by atoms with Gasteiger partial charge in [-0.25, -0.2) is 19.7 Å². The number of benzene rings is 1. The second-order valence-corrected chi connectivity index (χ2v) is 9.90. The third-order valence-corrected chi connectivity index (χ3v) is 7.21. The van der Waals surface area contributed by atoms with E-state index >= 15 is 0 Å². The maximum absolute atomic E-state index is 12.4. The van der Waals surface area contributed by atoms with Crippen molar-refractivity contribution in [1.29, 1.82) is 0 Å². The number of carbonyl (C=O) groups is 1. The Hall–Kier alpha value is -4.36. The lowest BCUT2D eigenvalue weighted by atomic mass is 9.94. The van der Waals surface area contributed by atoms with Gasteiger partial charge in [0.25, 0.3) is 5.69 Å². The van der Waals surface area contributed by atoms with Crippen LogP contribution in [0, 0.1) is 27.9 Å². The van der Waals surface area contributed by atoms with Crippen LogP contribution in [0.25, 0.3) is 11.2 Å². The normalized spacial score (nSPS) is 22.9. The molecule has 15 nitrogen and oxygen atoms in total. The Balaban J connectivity index is 1.15. The summed E-state index contributed by atoms with van der Waals surface area (Å²) in [5.41, 5.74) is 7.27. The first kappa shape index (κ1) is 28.2. The number of carbonyl (C=O) groups excluding carboxylic acids is 1. The van der Waals surface area contributed by atoms with Gasteiger partial charge in [-0.15, -0.1) is 0 Å². The third kappa shape index (κ3) is 6.05. The van der Waals surface area contributed by atoms with Crippen molar-refractivity contribution in [2.75, 3.05) is 25.4 Å². The molecular weight excluding hydrogens is 538 g/mol. The molecule has 41 heavy (non-hydrogen) atoms. The number of piperidine rings is 1. The van der Waals surface area contributed by atoms with Crippen molar-refractivity contribution < 1.29 is 34.5 Å². The largest absolute Gasteiger partial charge is 0.445 e. The molecule has 0 spiro atoms. The van der Waals surface area contributed by atoms with Crippen molar-refractivity contribution in [3.8, 4) is 11.8 Å². The monoisotopic (exact) mass is 567 g/mol. The topological polar surface area (TPSA) is 212 Å². The first-order chi connectivity index (χ1) is 19.7. The number of nitrogens with zero attached hydrogens (tertiary/aromatic N) is 6. The fourth-order valence-corrected chi connectivity index (χ4v) is 4.83. The zero-order valence-electron chi connectivity index (χ0n) is 21.9. The number of rotatable bonds is 6. The molecule has 1 aromatic carbocycles. The quantitative estimate of drug-likeness (QED) is 0.184. The van der Waals surface area contributed by atoms with Crippen LogP contribution < -0.4 is 5.73 Å². The SMILES string of the molecule is Nc1nc(C#CCC2CCN(C(=O)OCc3ccc([N+](=O)[O-])cc3)CC2)nc2c1ncn2[C@@H]1O[C@H](CO)[C@H](O)C1O. The van der Waals surface area contributed by atoms with Gasteiger partial charge in [0.1, 0.15) is 30.4 Å². The van der Waals surface area contributed by atoms with Crippen LogP contribution in [0.5, 0.6) is 0 Å². The molecular formula is C26H29N7O8. The highest BCUT2D eigenvalue weighted by Gasteiger charge is 2.44. The van der Waals surface area contributed by atoms with Crippen molar-refractivity contribution in [3.05, 3.63) is 52.1 Å². The Morgan fingerprint density at radius 2 is 1.93 bits per heavy atom. The van der Waals surface area contributed by atoms with Crippen LogP contribution >= 0.6 is 0 Å². The Bertz CT molecular complexity index is 1480. The summed E-state index contributed by atoms with van der Waals surface area (Å²) in [5.74, 6) is 6.53. The van der Waals surface area contributed by atoms with Gasteiger partial charge < -0.3 is 35.4 Å². The van der Waals surface area contributed by atoms with Gasteiger partial charge in [-0.3, -0.25) is 14.7 Å². The van der Waals surface area contributed by atoms with Crippen LogP contribution in [0.3, 0.4) is 0 Å². The van der Waals surface area contributed by atoms with Gasteiger partial charge in [-0.05, 0) is 42.4 Å². The molecule has 5 N–H and O–H groups in total. The van der Waals surface area contributed by atoms with Gasteiger partial charge in [0.05, 0.1) is 17.9 Å². The van der Waals surface area contributed by atoms with Crippen LogP contribution in [0.15, 0.2) is 30.6 Å². The Morgan fingerprint density at radius 1 is 1.20 bits per heavy atom. The lowest BCUT2D eigenvalue weighted by Crippen LogP contribution is -2.38. The van der Waals surface area contributed by atoms with Crippen molar-refractivity contribution in [3.63, 3.8) is 0 Å². The molecule has 1 unspecified atom stereocenters. The van der Waals surface area contributed by atoms with Crippen LogP contribution in [-0.2, 0) is 16.1 Å². The fourth-order valence-electron chi connectivity index (χ4n) is 4.83. The predicted molar refractivity (Wildman–Crippen MR) is 142 cm³/mol. The van der Waals surface area contributed by atoms with E-state index in [1.165, 1.54) is 23.0 Å². The molecule has 0 bridgehead atoms. The van der Waals surface area contributed by atoms with E-state index in [4.69, 9.17) is 15.2 Å². The number of nitrogens with two attached hydrogens (primary N) is 1. The smallest absolute Gasteiger partial charge is 0.410 e. The van der Waals surface area contributed by atoms with E-state index in [2.05, 4.69) is 26.8 Å². The number of non-ortho nitro benzene ring substituents is 1. The molecule has 5 rings (SSSR count). The summed E-state index contributed by atoms with van der Waals surface area (Å²) in [4.78, 5) is 37.2. The number of ether oxygens (including phenoxy) is 2. The lowest BCUT2D eigenvalue weighted by molar-refractivity contribution is -0.384. The minimum atomic E-state index is -1.30. The molecule has 216 valence electrons. The van der Waals surface area contributed by atoms with Gasteiger partial charge in [0.15, 0.2) is 17.7 Å². The summed E-state index contributed by atoms with van der Waals surface area (Å²) in [6.07, 6.45) is -1.58. The number of hydrogen-bond acceptors (Lipinski definition) is 12. The second kappa shape index (κ2) is 12.0. The lowest BCUT2D eigenvalue weighted by Gasteiger charge is -2.30. The molecule has 1 amide bonds. The third-order valence-electron chi connectivity index (χ3n) is 7.21. The zero-order chi connectivity index (χ0) is 29.1. The van der Waals surface area contributed by atoms with E-state index in [1.54, 1.807) is 17.0 Å². The molecule has 2 fully saturated rings. The van der Waals surface area contributed by atoms with E-state index in [-0.39, 0.29) is 35.5 Å². The number of imidazole rings is 1. The summed E-state index contributed by atoms with van der Waals surface area (Å²) < 4.78 is 12.4. The van der Waals surface area contributed by atoms with E-state index in [0.717, 1.165) is 12.8 Å². The average Bonchev–Trinajstić information content (AvgIpc) is 3.52. The Labute approximate surface area is 233 Å². The molecule has 15 heteroatoms. The van der Waals surface area contributed by atoms with Gasteiger partial charge in [-0.1, -0.05) is 5.92 Å². The second-order valence-electron chi connectivity index (χ2n) is 9.90. The number of hydrogen-bond donors (Lipinski definition) is 4. The Morgan fingerprint density at radius 3 is 2.59 bits per heavy atom. The molecule has 4 atom stereocenters. The number of anilines is 1. The minimum absolute atomic E-state index is 0.0244. The van der Waals surface area contributed by atoms with E-state index in [0.29, 0.717) is 30.6 Å². The van der Waals surface area contributed by atoms with Crippen molar-refractivity contribution >= 4 is 28.8 Å². The predicted octanol–water partition coefficient (Wildman–Crippen LogP) is 0.719. The average molecular weight is 568 g/mol. The van der Waals surface area contributed by atoms with E-state index in [9.17, 15) is 30.2 Å². The standard InChI is InChI=1S/C26H29N7O8/c27-23-20-24(32(14-28-20)25-22(36)21(35)18(12-34)41-25)30-19(29-23)3-1-2-15-8-10-31(11-9-15)26(37)40-13-16-4-6-17(7-5-16)33(38)39/h4-7,14-15,18,21-22,25,34-36H,2,8-13H2,(H2,27,29,30)/t18-,21+,22?,25-/m1/s1. The number of nitro groups is 1. The summed E-state index contributed by atoms with van der Waals surface area (Å²) in [6.45, 7) is 0.607. The highest BCUT2D eigenvalue weighted by Crippen LogP contribution is 2.32. The maximum Gasteiger partial charge on any atom is 0.410 e. The molecule has 2 aliphatic heterocycles. The Kier molecular flexibility index (Phi) is 8.26. The van der Waals surface area contributed by atoms with Crippen LogP contribution in [0.1, 0.15) is 36.9 Å². The van der Waals surface area contributed by atoms with Crippen LogP contribution in [-0.4, -0.2) is 88.8 Å². The number of nitrogen functional groups attached to an aromatic ring is 1. The summed E-state index contributed by atoms with van der Waals surface area (Å²) in [7, 11) is 0. The van der Waals surface area contributed by atoms with Gasteiger partial charge >= 0.3 is 6.09 Å². The molecule has 3 aromatic rings. The van der Waals surface area contributed by atoms with Gasteiger partial charge in [0.2, 0.25) is 5.82 Å². The number of nitro benzene ring substituents is 1. The molecule has 0 radical (unpaired) electrons. The molecule has 2 saturated heterocycles. The molecule has 4 heterocycles. The molecule has 2 aliphatic rings. The number of amides is 1. The molecule has 2 aromatic heterocycles. The van der Waals surface area contributed by atoms with Crippen LogP contribution in [0.2, 0.25) is 0 Å². The van der Waals surface area contributed by atoms with Gasteiger partial charge in [0, 0.05) is 31.6 Å². The summed E-state index contributed by atoms with van der Waals surface area (Å²) in [6, 6.07) is 5.85. The molecule has 0 saturated carbocycles. The minimum Gasteiger partial charge on any atom is -0.445 e. The number of aliphatic hydroxyl groups excluding tert-OH is 3. The first-order valence-corrected chi connectivity index (χ1v) is 13.0. The fraction of sp³-hybridized carbons (Fsp3) is 0.462. The maximum atomic E-state index is 12.4. The van der Waals surface area contributed by atoms with E-state index < -0.39 is 42.2 Å². The van der Waals surface area contributed by atoms with Crippen molar-refractivity contribution in [2.45, 2.75) is 50.4 Å². The first-order valence-electron chi connectivity index (χ1n) is 13.0. The highest BCUT2D eigenvalue weighted by atomic mass is 16.6.